The highest BCUT2D eigenvalue weighted by molar-refractivity contribution is 7.09. The Balaban J connectivity index is 2.14. The van der Waals surface area contributed by atoms with Crippen molar-refractivity contribution in [2.75, 3.05) is 11.9 Å². The van der Waals surface area contributed by atoms with Gasteiger partial charge in [-0.25, -0.2) is 0 Å². The number of hydrogen-bond donors (Lipinski definition) is 1. The van der Waals surface area contributed by atoms with Crippen molar-refractivity contribution < 1.29 is 0 Å². The predicted molar refractivity (Wildman–Crippen MR) is 89.9 cm³/mol. The van der Waals surface area contributed by atoms with Crippen LogP contribution < -0.4 is 10.6 Å². The second-order valence-electron chi connectivity index (χ2n) is 5.24. The third-order valence-electron chi connectivity index (χ3n) is 3.62. The molecular formula is C16H21ClN2S. The summed E-state index contributed by atoms with van der Waals surface area (Å²) in [5.74, 6) is 0. The van der Waals surface area contributed by atoms with Gasteiger partial charge in [0, 0.05) is 30.4 Å². The van der Waals surface area contributed by atoms with E-state index in [0.29, 0.717) is 6.04 Å². The maximum atomic E-state index is 6.40. The van der Waals surface area contributed by atoms with Gasteiger partial charge in [0.25, 0.3) is 0 Å². The Labute approximate surface area is 130 Å². The first-order valence-electron chi connectivity index (χ1n) is 6.79. The number of benzene rings is 1. The molecule has 0 saturated carbocycles. The fourth-order valence-corrected chi connectivity index (χ4v) is 3.34. The zero-order valence-electron chi connectivity index (χ0n) is 12.1. The third kappa shape index (κ3) is 3.54. The minimum Gasteiger partial charge on any atom is -0.370 e. The first-order valence-corrected chi connectivity index (χ1v) is 8.05. The molecule has 4 heteroatoms. The van der Waals surface area contributed by atoms with Crippen LogP contribution in [0.3, 0.4) is 0 Å². The first kappa shape index (κ1) is 15.4. The van der Waals surface area contributed by atoms with E-state index in [4.69, 9.17) is 17.3 Å². The highest BCUT2D eigenvalue weighted by atomic mass is 35.5. The van der Waals surface area contributed by atoms with Gasteiger partial charge < -0.3 is 10.6 Å². The summed E-state index contributed by atoms with van der Waals surface area (Å²) < 4.78 is 0. The standard InChI is InChI=1S/C16H21ClN2S/c1-11(9-14-5-4-8-20-14)19(3)16-7-6-13(12(2)18)10-15(16)17/h4-8,10-12H,9,18H2,1-3H3/t11?,12-/m1/s1. The van der Waals surface area contributed by atoms with E-state index < -0.39 is 0 Å². The van der Waals surface area contributed by atoms with E-state index in [1.165, 1.54) is 4.88 Å². The Bertz CT molecular complexity index is 552. The van der Waals surface area contributed by atoms with E-state index in [-0.39, 0.29) is 6.04 Å². The molecular weight excluding hydrogens is 288 g/mol. The second-order valence-corrected chi connectivity index (χ2v) is 6.68. The van der Waals surface area contributed by atoms with Crippen molar-refractivity contribution in [3.8, 4) is 0 Å². The molecule has 0 fully saturated rings. The average molecular weight is 309 g/mol. The number of halogens is 1. The summed E-state index contributed by atoms with van der Waals surface area (Å²) in [6, 6.07) is 10.8. The van der Waals surface area contributed by atoms with Crippen molar-refractivity contribution in [1.82, 2.24) is 0 Å². The molecule has 0 spiro atoms. The molecule has 0 saturated heterocycles. The monoisotopic (exact) mass is 308 g/mol. The smallest absolute Gasteiger partial charge is 0.0642 e. The van der Waals surface area contributed by atoms with Gasteiger partial charge in [-0.1, -0.05) is 23.7 Å². The van der Waals surface area contributed by atoms with Crippen molar-refractivity contribution in [3.63, 3.8) is 0 Å². The van der Waals surface area contributed by atoms with Crippen molar-refractivity contribution in [3.05, 3.63) is 51.2 Å². The van der Waals surface area contributed by atoms with Crippen molar-refractivity contribution in [2.24, 2.45) is 5.73 Å². The highest BCUT2D eigenvalue weighted by Gasteiger charge is 2.15. The molecule has 2 N–H and O–H groups in total. The molecule has 108 valence electrons. The summed E-state index contributed by atoms with van der Waals surface area (Å²) in [5.41, 5.74) is 8.01. The second kappa shape index (κ2) is 6.61. The largest absolute Gasteiger partial charge is 0.370 e. The van der Waals surface area contributed by atoms with Gasteiger partial charge in [0.1, 0.15) is 0 Å². The molecule has 0 aliphatic rings. The number of nitrogens with zero attached hydrogens (tertiary/aromatic N) is 1. The Hall–Kier alpha value is -1.03. The maximum absolute atomic E-state index is 6.40. The molecule has 0 amide bonds. The quantitative estimate of drug-likeness (QED) is 0.882. The summed E-state index contributed by atoms with van der Waals surface area (Å²) in [4.78, 5) is 3.63. The minimum absolute atomic E-state index is 0.00963. The molecule has 0 bridgehead atoms. The molecule has 1 unspecified atom stereocenters. The summed E-state index contributed by atoms with van der Waals surface area (Å²) >= 11 is 8.20. The highest BCUT2D eigenvalue weighted by Crippen LogP contribution is 2.29. The molecule has 2 nitrogen and oxygen atoms in total. The molecule has 2 aromatic rings. The molecule has 2 rings (SSSR count). The van der Waals surface area contributed by atoms with Gasteiger partial charge in [0.2, 0.25) is 0 Å². The normalized spacial score (nSPS) is 14.1. The number of likely N-dealkylation sites (N-methyl/N-ethyl adjacent to an activating group) is 1. The van der Waals surface area contributed by atoms with Crippen LogP contribution in [0, 0.1) is 0 Å². The Morgan fingerprint density at radius 3 is 2.60 bits per heavy atom. The van der Waals surface area contributed by atoms with Gasteiger partial charge in [-0.3, -0.25) is 0 Å². The molecule has 1 aromatic carbocycles. The van der Waals surface area contributed by atoms with Gasteiger partial charge in [-0.2, -0.15) is 0 Å². The Morgan fingerprint density at radius 2 is 2.05 bits per heavy atom. The molecule has 1 aromatic heterocycles. The van der Waals surface area contributed by atoms with Crippen LogP contribution in [0.4, 0.5) is 5.69 Å². The zero-order valence-corrected chi connectivity index (χ0v) is 13.7. The fourth-order valence-electron chi connectivity index (χ4n) is 2.19. The topological polar surface area (TPSA) is 29.3 Å². The summed E-state index contributed by atoms with van der Waals surface area (Å²) in [7, 11) is 2.09. The Morgan fingerprint density at radius 1 is 1.30 bits per heavy atom. The van der Waals surface area contributed by atoms with Gasteiger partial charge in [-0.05, 0) is 43.0 Å². The van der Waals surface area contributed by atoms with Gasteiger partial charge in [0.15, 0.2) is 0 Å². The molecule has 20 heavy (non-hydrogen) atoms. The van der Waals surface area contributed by atoms with E-state index in [0.717, 1.165) is 22.7 Å². The summed E-state index contributed by atoms with van der Waals surface area (Å²) in [6.45, 7) is 4.18. The van der Waals surface area contributed by atoms with Crippen LogP contribution in [-0.2, 0) is 6.42 Å². The number of rotatable bonds is 5. The van der Waals surface area contributed by atoms with E-state index >= 15 is 0 Å². The van der Waals surface area contributed by atoms with Crippen molar-refractivity contribution >= 4 is 28.6 Å². The molecule has 0 radical (unpaired) electrons. The lowest BCUT2D eigenvalue weighted by Crippen LogP contribution is -2.30. The zero-order chi connectivity index (χ0) is 14.7. The summed E-state index contributed by atoms with van der Waals surface area (Å²) in [6.07, 6.45) is 1.03. The lowest BCUT2D eigenvalue weighted by atomic mass is 10.1. The molecule has 1 heterocycles. The van der Waals surface area contributed by atoms with Crippen LogP contribution >= 0.6 is 22.9 Å². The van der Waals surface area contributed by atoms with Crippen molar-refractivity contribution in [2.45, 2.75) is 32.4 Å². The van der Waals surface area contributed by atoms with Crippen LogP contribution in [0.15, 0.2) is 35.7 Å². The fraction of sp³-hybridized carbons (Fsp3) is 0.375. The number of nitrogens with two attached hydrogens (primary N) is 1. The Kier molecular flexibility index (Phi) is 5.08. The minimum atomic E-state index is 0.00963. The van der Waals surface area contributed by atoms with E-state index in [1.807, 2.05) is 13.0 Å². The number of hydrogen-bond acceptors (Lipinski definition) is 3. The molecule has 2 atom stereocenters. The van der Waals surface area contributed by atoms with Crippen LogP contribution in [0.1, 0.15) is 30.3 Å². The number of thiophene rings is 1. The first-order chi connectivity index (χ1) is 9.49. The van der Waals surface area contributed by atoms with Gasteiger partial charge in [0.05, 0.1) is 10.7 Å². The maximum Gasteiger partial charge on any atom is 0.0642 e. The van der Waals surface area contributed by atoms with E-state index in [9.17, 15) is 0 Å². The third-order valence-corrected chi connectivity index (χ3v) is 4.82. The summed E-state index contributed by atoms with van der Waals surface area (Å²) in [5, 5.41) is 2.88. The molecule has 0 aliphatic heterocycles. The van der Waals surface area contributed by atoms with Crippen LogP contribution in [-0.4, -0.2) is 13.1 Å². The lowest BCUT2D eigenvalue weighted by Gasteiger charge is -2.28. The lowest BCUT2D eigenvalue weighted by molar-refractivity contribution is 0.688. The predicted octanol–water partition coefficient (Wildman–Crippen LogP) is 4.49. The van der Waals surface area contributed by atoms with Crippen LogP contribution in [0.25, 0.3) is 0 Å². The average Bonchev–Trinajstić information content (AvgIpc) is 2.90. The number of anilines is 1. The van der Waals surface area contributed by atoms with Gasteiger partial charge >= 0.3 is 0 Å². The van der Waals surface area contributed by atoms with Gasteiger partial charge in [-0.15, -0.1) is 11.3 Å². The van der Waals surface area contributed by atoms with Crippen LogP contribution in [0.2, 0.25) is 5.02 Å². The van der Waals surface area contributed by atoms with Crippen molar-refractivity contribution in [1.29, 1.82) is 0 Å². The van der Waals surface area contributed by atoms with E-state index in [1.54, 1.807) is 11.3 Å². The molecule has 0 aliphatic carbocycles. The SMILES string of the molecule is CC(Cc1cccs1)N(C)c1ccc([C@@H](C)N)cc1Cl. The van der Waals surface area contributed by atoms with Crippen LogP contribution in [0.5, 0.6) is 0 Å². The van der Waals surface area contributed by atoms with E-state index in [2.05, 4.69) is 48.5 Å².